The van der Waals surface area contributed by atoms with Crippen molar-refractivity contribution in [1.82, 2.24) is 10.2 Å². The second kappa shape index (κ2) is 13.3. The van der Waals surface area contributed by atoms with Crippen LogP contribution in [0.2, 0.25) is 0 Å². The number of carbonyl (C=O) groups is 4. The molecule has 0 saturated carbocycles. The SMILES string of the molecule is COC(=O)Nc1ccc(S(=O)(=O)C(C)C)c([C@H]2CCCN2C(=O)[C@@H](Nc2ccc3c(c2)C(=O)NC3=O)c2ccc(OC)c(OC)c2)c1. The zero-order valence-electron chi connectivity index (χ0n) is 26.6. The second-order valence-electron chi connectivity index (χ2n) is 11.4. The first kappa shape index (κ1) is 33.3. The normalized spacial score (nSPS) is 16.4. The standard InChI is InChI=1S/C33H36N4O9S/c1-18(2)47(42,43)28-13-10-21(35-33(41)46-5)17-24(28)25-7-6-14-37(25)32(40)29(19-8-12-26(44-3)27(15-19)45-4)34-20-9-11-22-23(16-20)31(39)36-30(22)38/h8-13,15-18,25,29,34H,6-7,14H2,1-5H3,(H,35,41)(H,36,38,39)/t25-,29+/m1/s1. The highest BCUT2D eigenvalue weighted by Crippen LogP contribution is 2.41. The molecule has 2 heterocycles. The summed E-state index contributed by atoms with van der Waals surface area (Å²) in [5.74, 6) is -0.581. The molecule has 0 unspecified atom stereocenters. The predicted octanol–water partition coefficient (Wildman–Crippen LogP) is 4.46. The van der Waals surface area contributed by atoms with Crippen LogP contribution in [0, 0.1) is 0 Å². The van der Waals surface area contributed by atoms with Gasteiger partial charge in [0.05, 0.1) is 48.6 Å². The molecule has 1 fully saturated rings. The van der Waals surface area contributed by atoms with Gasteiger partial charge in [0.1, 0.15) is 6.04 Å². The van der Waals surface area contributed by atoms with E-state index in [1.165, 1.54) is 45.6 Å². The van der Waals surface area contributed by atoms with Crippen molar-refractivity contribution in [3.63, 3.8) is 0 Å². The van der Waals surface area contributed by atoms with Gasteiger partial charge in [-0.05, 0) is 86.3 Å². The van der Waals surface area contributed by atoms with Crippen molar-refractivity contribution >= 4 is 45.0 Å². The van der Waals surface area contributed by atoms with Crippen LogP contribution in [0.5, 0.6) is 11.5 Å². The number of imide groups is 1. The molecule has 5 rings (SSSR count). The molecule has 3 aromatic carbocycles. The van der Waals surface area contributed by atoms with Gasteiger partial charge in [-0.2, -0.15) is 0 Å². The second-order valence-corrected chi connectivity index (χ2v) is 13.9. The van der Waals surface area contributed by atoms with E-state index in [4.69, 9.17) is 14.2 Å². The molecule has 0 aromatic heterocycles. The topological polar surface area (TPSA) is 169 Å². The molecule has 0 bridgehead atoms. The number of methoxy groups -OCH3 is 3. The van der Waals surface area contributed by atoms with Gasteiger partial charge in [-0.15, -0.1) is 0 Å². The summed E-state index contributed by atoms with van der Waals surface area (Å²) in [5, 5.41) is 7.35. The third kappa shape index (κ3) is 6.45. The molecule has 47 heavy (non-hydrogen) atoms. The highest BCUT2D eigenvalue weighted by atomic mass is 32.2. The Balaban J connectivity index is 1.59. The highest BCUT2D eigenvalue weighted by Gasteiger charge is 2.38. The summed E-state index contributed by atoms with van der Waals surface area (Å²) in [7, 11) is 0.401. The minimum Gasteiger partial charge on any atom is -0.493 e. The third-order valence-corrected chi connectivity index (χ3v) is 10.5. The van der Waals surface area contributed by atoms with Crippen molar-refractivity contribution in [3.8, 4) is 11.5 Å². The maximum absolute atomic E-state index is 14.7. The number of benzene rings is 3. The van der Waals surface area contributed by atoms with E-state index < -0.39 is 45.1 Å². The Bertz CT molecular complexity index is 1860. The Morgan fingerprint density at radius 1 is 0.894 bits per heavy atom. The number of ether oxygens (including phenoxy) is 3. The van der Waals surface area contributed by atoms with Crippen molar-refractivity contribution in [2.24, 2.45) is 0 Å². The summed E-state index contributed by atoms with van der Waals surface area (Å²) in [6.07, 6.45) is 0.331. The van der Waals surface area contributed by atoms with Crippen LogP contribution in [0.3, 0.4) is 0 Å². The van der Waals surface area contributed by atoms with Crippen molar-refractivity contribution < 1.29 is 41.8 Å². The van der Waals surface area contributed by atoms with Gasteiger partial charge in [0, 0.05) is 17.9 Å². The molecule has 4 amide bonds. The van der Waals surface area contributed by atoms with Crippen LogP contribution in [-0.4, -0.2) is 70.3 Å². The van der Waals surface area contributed by atoms with E-state index in [0.29, 0.717) is 53.4 Å². The zero-order valence-corrected chi connectivity index (χ0v) is 27.4. The molecule has 3 aromatic rings. The lowest BCUT2D eigenvalue weighted by atomic mass is 10.00. The first-order valence-corrected chi connectivity index (χ1v) is 16.5. The van der Waals surface area contributed by atoms with Crippen LogP contribution >= 0.6 is 0 Å². The van der Waals surface area contributed by atoms with Crippen molar-refractivity contribution in [1.29, 1.82) is 0 Å². The quantitative estimate of drug-likeness (QED) is 0.263. The Morgan fingerprint density at radius 2 is 1.60 bits per heavy atom. The molecule has 0 radical (unpaired) electrons. The summed E-state index contributed by atoms with van der Waals surface area (Å²) < 4.78 is 42.7. The van der Waals surface area contributed by atoms with E-state index in [1.54, 1.807) is 49.1 Å². The van der Waals surface area contributed by atoms with Crippen LogP contribution < -0.4 is 25.4 Å². The smallest absolute Gasteiger partial charge is 0.411 e. The molecule has 2 aliphatic heterocycles. The van der Waals surface area contributed by atoms with E-state index in [1.807, 2.05) is 0 Å². The van der Waals surface area contributed by atoms with Gasteiger partial charge in [0.2, 0.25) is 5.91 Å². The van der Waals surface area contributed by atoms with Crippen LogP contribution in [0.15, 0.2) is 59.5 Å². The van der Waals surface area contributed by atoms with Crippen LogP contribution in [0.4, 0.5) is 16.2 Å². The number of rotatable bonds is 10. The van der Waals surface area contributed by atoms with Gasteiger partial charge in [-0.25, -0.2) is 13.2 Å². The first-order valence-electron chi connectivity index (χ1n) is 14.9. The summed E-state index contributed by atoms with van der Waals surface area (Å²) >= 11 is 0. The molecule has 13 nitrogen and oxygen atoms in total. The molecule has 1 saturated heterocycles. The maximum Gasteiger partial charge on any atom is 0.411 e. The van der Waals surface area contributed by atoms with Gasteiger partial charge in [0.25, 0.3) is 11.8 Å². The number of nitrogens with one attached hydrogen (secondary N) is 3. The largest absolute Gasteiger partial charge is 0.493 e. The van der Waals surface area contributed by atoms with Crippen LogP contribution in [0.1, 0.15) is 70.6 Å². The minimum atomic E-state index is -3.79. The number of sulfone groups is 1. The number of carbonyl (C=O) groups excluding carboxylic acids is 4. The molecule has 14 heteroatoms. The summed E-state index contributed by atoms with van der Waals surface area (Å²) in [4.78, 5) is 52.9. The molecule has 2 aliphatic rings. The fourth-order valence-corrected chi connectivity index (χ4v) is 7.12. The third-order valence-electron chi connectivity index (χ3n) is 8.30. The van der Waals surface area contributed by atoms with Crippen molar-refractivity contribution in [2.45, 2.75) is 48.9 Å². The number of fused-ring (bicyclic) bond motifs is 1. The predicted molar refractivity (Wildman–Crippen MR) is 173 cm³/mol. The molecular weight excluding hydrogens is 628 g/mol. The van der Waals surface area contributed by atoms with Gasteiger partial charge in [0.15, 0.2) is 21.3 Å². The van der Waals surface area contributed by atoms with E-state index in [0.717, 1.165) is 0 Å². The van der Waals surface area contributed by atoms with Gasteiger partial charge >= 0.3 is 6.09 Å². The number of anilines is 2. The van der Waals surface area contributed by atoms with E-state index >= 15 is 0 Å². The van der Waals surface area contributed by atoms with E-state index in [9.17, 15) is 27.6 Å². The fourth-order valence-electron chi connectivity index (χ4n) is 5.83. The molecule has 0 aliphatic carbocycles. The summed E-state index contributed by atoms with van der Waals surface area (Å²) in [5.41, 5.74) is 2.01. The fraction of sp³-hybridized carbons (Fsp3) is 0.333. The average molecular weight is 665 g/mol. The maximum atomic E-state index is 14.7. The lowest BCUT2D eigenvalue weighted by Gasteiger charge is -2.32. The Kier molecular flexibility index (Phi) is 9.43. The van der Waals surface area contributed by atoms with Crippen LogP contribution in [-0.2, 0) is 19.4 Å². The summed E-state index contributed by atoms with van der Waals surface area (Å²) in [6.45, 7) is 3.49. The first-order chi connectivity index (χ1) is 22.4. The number of amides is 4. The number of hydrogen-bond donors (Lipinski definition) is 3. The van der Waals surface area contributed by atoms with E-state index in [2.05, 4.69) is 16.0 Å². The molecular formula is C33H36N4O9S. The summed E-state index contributed by atoms with van der Waals surface area (Å²) in [6, 6.07) is 12.5. The van der Waals surface area contributed by atoms with Gasteiger partial charge in [-0.3, -0.25) is 25.0 Å². The van der Waals surface area contributed by atoms with Gasteiger partial charge < -0.3 is 24.4 Å². The highest BCUT2D eigenvalue weighted by molar-refractivity contribution is 7.92. The number of nitrogens with zero attached hydrogens (tertiary/aromatic N) is 1. The van der Waals surface area contributed by atoms with Crippen LogP contribution in [0.25, 0.3) is 0 Å². The van der Waals surface area contributed by atoms with Crippen molar-refractivity contribution in [3.05, 3.63) is 76.9 Å². The lowest BCUT2D eigenvalue weighted by molar-refractivity contribution is -0.133. The minimum absolute atomic E-state index is 0.0672. The number of hydrogen-bond acceptors (Lipinski definition) is 10. The molecule has 0 spiro atoms. The number of likely N-dealkylation sites (tertiary alicyclic amines) is 1. The average Bonchev–Trinajstić information content (AvgIpc) is 3.66. The Hall–Kier alpha value is -5.11. The molecule has 3 N–H and O–H groups in total. The Morgan fingerprint density at radius 3 is 2.28 bits per heavy atom. The van der Waals surface area contributed by atoms with E-state index in [-0.39, 0.29) is 21.9 Å². The molecule has 248 valence electrons. The Labute approximate surface area is 272 Å². The zero-order chi connectivity index (χ0) is 34.0. The monoisotopic (exact) mass is 664 g/mol. The molecule has 2 atom stereocenters. The lowest BCUT2D eigenvalue weighted by Crippen LogP contribution is -2.38. The van der Waals surface area contributed by atoms with Gasteiger partial charge in [-0.1, -0.05) is 6.07 Å². The van der Waals surface area contributed by atoms with Crippen molar-refractivity contribution in [2.75, 3.05) is 38.5 Å².